The Balaban J connectivity index is 0.00000156. The van der Waals surface area contributed by atoms with Crippen molar-refractivity contribution < 1.29 is 4.79 Å². The smallest absolute Gasteiger partial charge is 0.272 e. The van der Waals surface area contributed by atoms with Crippen molar-refractivity contribution in [3.8, 4) is 0 Å². The minimum Gasteiger partial charge on any atom is -0.333 e. The van der Waals surface area contributed by atoms with Crippen LogP contribution in [0.2, 0.25) is 0 Å². The van der Waals surface area contributed by atoms with Gasteiger partial charge in [0.15, 0.2) is 5.82 Å². The van der Waals surface area contributed by atoms with Crippen LogP contribution >= 0.6 is 11.8 Å². The third kappa shape index (κ3) is 6.39. The molecule has 0 fully saturated rings. The Morgan fingerprint density at radius 1 is 1.03 bits per heavy atom. The van der Waals surface area contributed by atoms with Crippen LogP contribution in [0.3, 0.4) is 0 Å². The van der Waals surface area contributed by atoms with Gasteiger partial charge in [0.05, 0.1) is 28.7 Å². The normalized spacial score (nSPS) is 11.1. The maximum atomic E-state index is 12.8. The molecule has 0 bridgehead atoms. The Morgan fingerprint density at radius 2 is 1.86 bits per heavy atom. The van der Waals surface area contributed by atoms with Crippen LogP contribution in [0.1, 0.15) is 41.4 Å². The molecule has 0 unspecified atom stereocenters. The van der Waals surface area contributed by atoms with Gasteiger partial charge in [0.1, 0.15) is 0 Å². The zero-order valence-electron chi connectivity index (χ0n) is 20.8. The van der Waals surface area contributed by atoms with Crippen LogP contribution in [0.25, 0.3) is 23.1 Å². The number of aryl methyl sites for hydroxylation is 1. The van der Waals surface area contributed by atoms with Crippen molar-refractivity contribution in [1.82, 2.24) is 30.2 Å². The number of carbonyl (C=O) groups is 1. The van der Waals surface area contributed by atoms with E-state index >= 15 is 0 Å². The summed E-state index contributed by atoms with van der Waals surface area (Å²) in [4.78, 5) is 23.0. The first-order valence-corrected chi connectivity index (χ1v) is 12.6. The highest BCUT2D eigenvalue weighted by molar-refractivity contribution is 7.99. The Kier molecular flexibility index (Phi) is 8.62. The van der Waals surface area contributed by atoms with Gasteiger partial charge >= 0.3 is 0 Å². The summed E-state index contributed by atoms with van der Waals surface area (Å²) in [7, 11) is 1.86. The third-order valence-electron chi connectivity index (χ3n) is 5.23. The van der Waals surface area contributed by atoms with Gasteiger partial charge in [-0.2, -0.15) is 10.2 Å². The highest BCUT2D eigenvalue weighted by Crippen LogP contribution is 2.32. The fourth-order valence-electron chi connectivity index (χ4n) is 3.43. The highest BCUT2D eigenvalue weighted by atomic mass is 32.2. The summed E-state index contributed by atoms with van der Waals surface area (Å²) in [5.74, 6) is 0.359. The molecule has 0 saturated heterocycles. The lowest BCUT2D eigenvalue weighted by molar-refractivity contribution is 0.0952. The van der Waals surface area contributed by atoms with Crippen LogP contribution in [-0.2, 0) is 7.05 Å². The molecular formula is C28H27N7OS. The zero-order chi connectivity index (χ0) is 26.0. The molecule has 5 aromatic rings. The van der Waals surface area contributed by atoms with Crippen LogP contribution in [0.4, 0.5) is 0 Å². The van der Waals surface area contributed by atoms with Gasteiger partial charge in [-0.05, 0) is 54.6 Å². The Bertz CT molecular complexity index is 1540. The second kappa shape index (κ2) is 12.5. The number of fused-ring (bicyclic) bond motifs is 1. The molecule has 37 heavy (non-hydrogen) atoms. The van der Waals surface area contributed by atoms with Gasteiger partial charge in [-0.3, -0.25) is 14.9 Å². The fourth-order valence-corrected chi connectivity index (χ4v) is 4.41. The van der Waals surface area contributed by atoms with Gasteiger partial charge in [-0.15, -0.1) is 0 Å². The number of rotatable bonds is 7. The van der Waals surface area contributed by atoms with Crippen LogP contribution in [0.5, 0.6) is 0 Å². The van der Waals surface area contributed by atoms with Gasteiger partial charge in [0.25, 0.3) is 5.91 Å². The van der Waals surface area contributed by atoms with Crippen LogP contribution in [-0.4, -0.2) is 36.9 Å². The number of pyridine rings is 1. The van der Waals surface area contributed by atoms with Crippen LogP contribution in [0, 0.1) is 0 Å². The summed E-state index contributed by atoms with van der Waals surface area (Å²) in [6.07, 6.45) is 10.6. The van der Waals surface area contributed by atoms with E-state index in [1.54, 1.807) is 18.5 Å². The number of hydrogen-bond acceptors (Lipinski definition) is 6. The molecule has 2 N–H and O–H groups in total. The van der Waals surface area contributed by atoms with Crippen molar-refractivity contribution in [2.45, 2.75) is 23.6 Å². The summed E-state index contributed by atoms with van der Waals surface area (Å²) >= 11 is 1.51. The summed E-state index contributed by atoms with van der Waals surface area (Å²) in [6, 6.07) is 19.3. The number of amides is 1. The number of nitrogens with zero attached hydrogens (tertiary/aromatic N) is 5. The minimum absolute atomic E-state index is 0.289. The molecule has 1 amide bonds. The van der Waals surface area contributed by atoms with Gasteiger partial charge in [0, 0.05) is 40.8 Å². The van der Waals surface area contributed by atoms with Crippen molar-refractivity contribution in [2.24, 2.45) is 12.1 Å². The van der Waals surface area contributed by atoms with Crippen LogP contribution in [0.15, 0.2) is 94.1 Å². The molecule has 0 saturated carbocycles. The maximum Gasteiger partial charge on any atom is 0.272 e. The first-order chi connectivity index (χ1) is 18.2. The van der Waals surface area contributed by atoms with E-state index in [1.807, 2.05) is 98.4 Å². The van der Waals surface area contributed by atoms with Gasteiger partial charge < -0.3 is 4.57 Å². The first-order valence-electron chi connectivity index (χ1n) is 11.8. The number of hydrogen-bond donors (Lipinski definition) is 2. The number of benzene rings is 2. The van der Waals surface area contributed by atoms with E-state index in [0.717, 1.165) is 32.1 Å². The Hall–Kier alpha value is -4.50. The Morgan fingerprint density at radius 3 is 2.65 bits per heavy atom. The molecule has 3 heterocycles. The van der Waals surface area contributed by atoms with Gasteiger partial charge in [-0.1, -0.05) is 43.8 Å². The molecule has 0 aliphatic heterocycles. The molecule has 2 aromatic carbocycles. The second-order valence-electron chi connectivity index (χ2n) is 7.60. The topological polar surface area (TPSA) is 101 Å². The number of imidazole rings is 1. The number of aromatic nitrogens is 5. The number of aromatic amines is 1. The van der Waals surface area contributed by atoms with E-state index in [1.165, 1.54) is 18.0 Å². The Labute approximate surface area is 219 Å². The number of nitrogens with one attached hydrogen (secondary N) is 2. The molecular weight excluding hydrogens is 482 g/mol. The number of hydrazone groups is 1. The van der Waals surface area contributed by atoms with E-state index in [9.17, 15) is 4.79 Å². The fraction of sp³-hybridized carbons (Fsp3) is 0.107. The summed E-state index contributed by atoms with van der Waals surface area (Å²) in [5, 5.41) is 12.6. The van der Waals surface area contributed by atoms with Crippen molar-refractivity contribution in [1.29, 1.82) is 0 Å². The number of H-pyrrole nitrogens is 1. The van der Waals surface area contributed by atoms with Crippen LogP contribution < -0.4 is 5.43 Å². The lowest BCUT2D eigenvalue weighted by Crippen LogP contribution is -2.18. The average molecular weight is 510 g/mol. The van der Waals surface area contributed by atoms with Crippen molar-refractivity contribution in [3.63, 3.8) is 0 Å². The molecule has 0 atom stereocenters. The van der Waals surface area contributed by atoms with Crippen molar-refractivity contribution in [3.05, 3.63) is 102 Å². The van der Waals surface area contributed by atoms with E-state index < -0.39 is 0 Å². The predicted molar refractivity (Wildman–Crippen MR) is 149 cm³/mol. The second-order valence-corrected chi connectivity index (χ2v) is 8.71. The lowest BCUT2D eigenvalue weighted by Gasteiger charge is -2.08. The molecule has 9 heteroatoms. The van der Waals surface area contributed by atoms with E-state index in [-0.39, 0.29) is 5.91 Å². The molecule has 0 aliphatic rings. The summed E-state index contributed by atoms with van der Waals surface area (Å²) in [6.45, 7) is 4.00. The first kappa shape index (κ1) is 25.6. The zero-order valence-corrected chi connectivity index (χ0v) is 21.6. The van der Waals surface area contributed by atoms with Crippen molar-refractivity contribution >= 4 is 46.9 Å². The highest BCUT2D eigenvalue weighted by Gasteiger charge is 2.13. The lowest BCUT2D eigenvalue weighted by atomic mass is 10.2. The predicted octanol–water partition coefficient (Wildman–Crippen LogP) is 5.80. The monoisotopic (exact) mass is 509 g/mol. The molecule has 3 aromatic heterocycles. The van der Waals surface area contributed by atoms with E-state index in [4.69, 9.17) is 0 Å². The molecule has 8 nitrogen and oxygen atoms in total. The molecule has 186 valence electrons. The SMILES string of the molecule is CC.Cn1ccnc1/C=N/NC(=O)c1ccccc1Sc1ccc2c(/C=C/c3ccccn3)n[nH]c2c1. The van der Waals surface area contributed by atoms with Crippen molar-refractivity contribution in [2.75, 3.05) is 0 Å². The molecule has 0 aliphatic carbocycles. The quantitative estimate of drug-likeness (QED) is 0.213. The number of carbonyl (C=O) groups excluding carboxylic acids is 1. The van der Waals surface area contributed by atoms with E-state index in [2.05, 4.69) is 30.7 Å². The minimum atomic E-state index is -0.289. The standard InChI is InChI=1S/C26H21N7OS.C2H6/c1-33-15-14-28-25(33)17-29-32-26(34)21-7-2-3-8-24(21)35-19-10-11-20-22(30-31-23(20)16-19)12-9-18-6-4-5-13-27-18;1-2/h2-17H,1H3,(H,30,31)(H,32,34);1-2H3/b12-9+,29-17+;. The van der Waals surface area contributed by atoms with Gasteiger partial charge in [-0.25, -0.2) is 10.4 Å². The van der Waals surface area contributed by atoms with Gasteiger partial charge in [0.2, 0.25) is 0 Å². The third-order valence-corrected chi connectivity index (χ3v) is 6.29. The summed E-state index contributed by atoms with van der Waals surface area (Å²) < 4.78 is 1.81. The van der Waals surface area contributed by atoms with E-state index in [0.29, 0.717) is 11.4 Å². The largest absolute Gasteiger partial charge is 0.333 e. The molecule has 0 spiro atoms. The molecule has 0 radical (unpaired) electrons. The average Bonchev–Trinajstić information content (AvgIpc) is 3.54. The summed E-state index contributed by atoms with van der Waals surface area (Å²) in [5.41, 5.74) is 5.75. The molecule has 5 rings (SSSR count). The maximum absolute atomic E-state index is 12.8.